The Bertz CT molecular complexity index is 294. The first kappa shape index (κ1) is 11.2. The molecular formula is C11H18N2O3. The number of carboxylic acid groups (broad SMARTS) is 1. The summed E-state index contributed by atoms with van der Waals surface area (Å²) in [5.74, 6) is -0.982. The Balaban J connectivity index is 1.79. The van der Waals surface area contributed by atoms with Crippen LogP contribution in [0, 0.1) is 11.8 Å². The van der Waals surface area contributed by atoms with Crippen molar-refractivity contribution in [3.8, 4) is 0 Å². The van der Waals surface area contributed by atoms with Crippen LogP contribution in [0.15, 0.2) is 0 Å². The number of hydrogen-bond donors (Lipinski definition) is 1. The van der Waals surface area contributed by atoms with Gasteiger partial charge in [0.25, 0.3) is 0 Å². The molecule has 0 aromatic heterocycles. The molecule has 0 aromatic carbocycles. The van der Waals surface area contributed by atoms with Gasteiger partial charge in [0.05, 0.1) is 5.92 Å². The Hall–Kier alpha value is -1.26. The van der Waals surface area contributed by atoms with Gasteiger partial charge in [0, 0.05) is 32.1 Å². The average molecular weight is 226 g/mol. The first-order valence-corrected chi connectivity index (χ1v) is 5.86. The van der Waals surface area contributed by atoms with Crippen molar-refractivity contribution < 1.29 is 14.7 Å². The van der Waals surface area contributed by atoms with Gasteiger partial charge in [-0.05, 0) is 12.8 Å². The van der Waals surface area contributed by atoms with E-state index in [0.29, 0.717) is 13.1 Å². The molecule has 0 radical (unpaired) electrons. The Labute approximate surface area is 95.0 Å². The van der Waals surface area contributed by atoms with Crippen molar-refractivity contribution in [2.45, 2.75) is 19.8 Å². The lowest BCUT2D eigenvalue weighted by atomic mass is 9.87. The Kier molecular flexibility index (Phi) is 3.03. The Morgan fingerprint density at radius 3 is 2.25 bits per heavy atom. The summed E-state index contributed by atoms with van der Waals surface area (Å²) in [4.78, 5) is 26.2. The molecule has 1 N–H and O–H groups in total. The number of carboxylic acids is 1. The fourth-order valence-corrected chi connectivity index (χ4v) is 2.30. The number of likely N-dealkylation sites (tertiary alicyclic amines) is 2. The van der Waals surface area contributed by atoms with Crippen molar-refractivity contribution in [3.05, 3.63) is 0 Å². The second-order valence-electron chi connectivity index (χ2n) is 4.77. The lowest BCUT2D eigenvalue weighted by Crippen LogP contribution is -2.56. The molecule has 0 spiro atoms. The van der Waals surface area contributed by atoms with Crippen molar-refractivity contribution in [1.82, 2.24) is 9.80 Å². The summed E-state index contributed by atoms with van der Waals surface area (Å²) in [6, 6.07) is 0.0892. The molecular weight excluding hydrogens is 208 g/mol. The Morgan fingerprint density at radius 1 is 1.19 bits per heavy atom. The van der Waals surface area contributed by atoms with Crippen LogP contribution in [0.4, 0.5) is 4.79 Å². The molecule has 2 saturated heterocycles. The van der Waals surface area contributed by atoms with E-state index >= 15 is 0 Å². The van der Waals surface area contributed by atoms with Crippen LogP contribution in [0.5, 0.6) is 0 Å². The molecule has 0 bridgehead atoms. The highest BCUT2D eigenvalue weighted by Gasteiger charge is 2.38. The third kappa shape index (κ3) is 1.99. The van der Waals surface area contributed by atoms with Crippen molar-refractivity contribution in [2.75, 3.05) is 26.2 Å². The molecule has 2 heterocycles. The normalized spacial score (nSPS) is 23.1. The zero-order valence-corrected chi connectivity index (χ0v) is 9.56. The van der Waals surface area contributed by atoms with Crippen molar-refractivity contribution in [2.24, 2.45) is 11.8 Å². The quantitative estimate of drug-likeness (QED) is 0.759. The molecule has 0 aromatic rings. The molecule has 2 aliphatic rings. The number of carbonyl (C=O) groups excluding carboxylic acids is 1. The highest BCUT2D eigenvalue weighted by molar-refractivity contribution is 5.76. The van der Waals surface area contributed by atoms with Crippen molar-refractivity contribution in [3.63, 3.8) is 0 Å². The molecule has 5 nitrogen and oxygen atoms in total. The van der Waals surface area contributed by atoms with Crippen LogP contribution in [0.2, 0.25) is 0 Å². The molecule has 0 saturated carbocycles. The maximum Gasteiger partial charge on any atom is 0.320 e. The van der Waals surface area contributed by atoms with Crippen LogP contribution < -0.4 is 0 Å². The summed E-state index contributed by atoms with van der Waals surface area (Å²) < 4.78 is 0. The summed E-state index contributed by atoms with van der Waals surface area (Å²) in [6.45, 7) is 4.62. The van der Waals surface area contributed by atoms with Crippen LogP contribution in [0.1, 0.15) is 19.8 Å². The van der Waals surface area contributed by atoms with Crippen molar-refractivity contribution >= 4 is 12.0 Å². The van der Waals surface area contributed by atoms with E-state index in [1.807, 2.05) is 4.90 Å². The molecule has 5 heteroatoms. The number of rotatable bonds is 2. The van der Waals surface area contributed by atoms with Crippen LogP contribution in [-0.2, 0) is 4.79 Å². The van der Waals surface area contributed by atoms with E-state index in [0.717, 1.165) is 25.9 Å². The molecule has 16 heavy (non-hydrogen) atoms. The van der Waals surface area contributed by atoms with Crippen LogP contribution >= 0.6 is 0 Å². The van der Waals surface area contributed by atoms with Crippen LogP contribution in [0.25, 0.3) is 0 Å². The number of urea groups is 1. The maximum atomic E-state index is 11.9. The van der Waals surface area contributed by atoms with Gasteiger partial charge in [-0.15, -0.1) is 0 Å². The van der Waals surface area contributed by atoms with Crippen molar-refractivity contribution in [1.29, 1.82) is 0 Å². The van der Waals surface area contributed by atoms with E-state index in [9.17, 15) is 9.59 Å². The molecule has 2 amide bonds. The van der Waals surface area contributed by atoms with Gasteiger partial charge in [0.1, 0.15) is 0 Å². The SMILES string of the molecule is CC(C(=O)O)C1CN(C(=O)N2CCCC2)C1. The van der Waals surface area contributed by atoms with E-state index in [2.05, 4.69) is 0 Å². The molecule has 2 fully saturated rings. The lowest BCUT2D eigenvalue weighted by molar-refractivity contribution is -0.144. The minimum atomic E-state index is -0.765. The molecule has 2 rings (SSSR count). The number of aliphatic carboxylic acids is 1. The maximum absolute atomic E-state index is 11.9. The third-order valence-corrected chi connectivity index (χ3v) is 3.65. The van der Waals surface area contributed by atoms with Gasteiger partial charge >= 0.3 is 12.0 Å². The zero-order valence-electron chi connectivity index (χ0n) is 9.56. The van der Waals surface area contributed by atoms with Gasteiger partial charge in [-0.3, -0.25) is 4.79 Å². The van der Waals surface area contributed by atoms with Gasteiger partial charge in [-0.1, -0.05) is 6.92 Å². The minimum Gasteiger partial charge on any atom is -0.481 e. The fraction of sp³-hybridized carbons (Fsp3) is 0.818. The summed E-state index contributed by atoms with van der Waals surface area (Å²) in [5, 5.41) is 8.84. The van der Waals surface area contributed by atoms with E-state index in [1.54, 1.807) is 11.8 Å². The molecule has 0 aliphatic carbocycles. The average Bonchev–Trinajstić information content (AvgIpc) is 2.67. The number of nitrogens with zero attached hydrogens (tertiary/aromatic N) is 2. The highest BCUT2D eigenvalue weighted by Crippen LogP contribution is 2.25. The van der Waals surface area contributed by atoms with E-state index in [-0.39, 0.29) is 17.9 Å². The van der Waals surface area contributed by atoms with Gasteiger partial charge < -0.3 is 14.9 Å². The van der Waals surface area contributed by atoms with Crippen LogP contribution in [0.3, 0.4) is 0 Å². The molecule has 2 aliphatic heterocycles. The second kappa shape index (κ2) is 4.31. The predicted molar refractivity (Wildman–Crippen MR) is 58.1 cm³/mol. The summed E-state index contributed by atoms with van der Waals surface area (Å²) in [7, 11) is 0. The lowest BCUT2D eigenvalue weighted by Gasteiger charge is -2.42. The topological polar surface area (TPSA) is 60.9 Å². The van der Waals surface area contributed by atoms with Gasteiger partial charge in [0.15, 0.2) is 0 Å². The zero-order chi connectivity index (χ0) is 11.7. The first-order chi connectivity index (χ1) is 7.59. The number of hydrogen-bond acceptors (Lipinski definition) is 2. The van der Waals surface area contributed by atoms with E-state index in [4.69, 9.17) is 5.11 Å². The van der Waals surface area contributed by atoms with Gasteiger partial charge in [0.2, 0.25) is 0 Å². The first-order valence-electron chi connectivity index (χ1n) is 5.86. The standard InChI is InChI=1S/C11H18N2O3/c1-8(10(14)15)9-6-13(7-9)11(16)12-4-2-3-5-12/h8-9H,2-7H2,1H3,(H,14,15). The van der Waals surface area contributed by atoms with E-state index in [1.165, 1.54) is 0 Å². The Morgan fingerprint density at radius 2 is 1.75 bits per heavy atom. The fourth-order valence-electron chi connectivity index (χ4n) is 2.30. The molecule has 90 valence electrons. The van der Waals surface area contributed by atoms with E-state index < -0.39 is 5.97 Å². The third-order valence-electron chi connectivity index (χ3n) is 3.65. The largest absolute Gasteiger partial charge is 0.481 e. The monoisotopic (exact) mass is 226 g/mol. The smallest absolute Gasteiger partial charge is 0.320 e. The van der Waals surface area contributed by atoms with Crippen LogP contribution in [-0.4, -0.2) is 53.1 Å². The highest BCUT2D eigenvalue weighted by atomic mass is 16.4. The number of amides is 2. The summed E-state index contributed by atoms with van der Waals surface area (Å²) >= 11 is 0. The summed E-state index contributed by atoms with van der Waals surface area (Å²) in [6.07, 6.45) is 2.18. The minimum absolute atomic E-state index is 0.0892. The number of carbonyl (C=O) groups is 2. The predicted octanol–water partition coefficient (Wildman–Crippen LogP) is 0.855. The molecule has 1 atom stereocenters. The molecule has 1 unspecified atom stereocenters. The second-order valence-corrected chi connectivity index (χ2v) is 4.77. The van der Waals surface area contributed by atoms with Gasteiger partial charge in [-0.25, -0.2) is 4.79 Å². The van der Waals surface area contributed by atoms with Gasteiger partial charge in [-0.2, -0.15) is 0 Å². The summed E-state index contributed by atoms with van der Waals surface area (Å²) in [5.41, 5.74) is 0.